The van der Waals surface area contributed by atoms with E-state index in [1.165, 1.54) is 62.5 Å². The van der Waals surface area contributed by atoms with E-state index < -0.39 is 155 Å². The van der Waals surface area contributed by atoms with Gasteiger partial charge < -0.3 is 78.9 Å². The number of unbranched alkanes of at least 4 members (excludes halogenated alkanes) is 1. The summed E-state index contributed by atoms with van der Waals surface area (Å²) in [6, 6.07) is 14.3. The molecule has 12 amide bonds. The number of amides is 12. The van der Waals surface area contributed by atoms with Crippen molar-refractivity contribution in [1.29, 1.82) is 0 Å². The molecule has 1 aliphatic heterocycles. The van der Waals surface area contributed by atoms with Gasteiger partial charge >= 0.3 is 10.4 Å². The van der Waals surface area contributed by atoms with Crippen LogP contribution >= 0.6 is 11.6 Å². The predicted octanol–water partition coefficient (Wildman–Crippen LogP) is 0.0788. The van der Waals surface area contributed by atoms with Crippen LogP contribution in [0.4, 0.5) is 0 Å². The minimum Gasteiger partial charge on any atom is -0.508 e. The lowest BCUT2D eigenvalue weighted by Crippen LogP contribution is -2.62. The second-order valence-corrected chi connectivity index (χ2v) is 27.6. The van der Waals surface area contributed by atoms with Gasteiger partial charge in [-0.05, 0) is 135 Å². The van der Waals surface area contributed by atoms with E-state index in [9.17, 15) is 67.7 Å². The number of nitrogens with zero attached hydrogens (tertiary/aromatic N) is 4. The zero-order chi connectivity index (χ0) is 77.8. The number of nitrogens with two attached hydrogens (primary N) is 2. The highest BCUT2D eigenvalue weighted by Crippen LogP contribution is 2.23. The first-order chi connectivity index (χ1) is 49.5. The molecule has 1 saturated heterocycles. The Morgan fingerprint density at radius 3 is 1.69 bits per heavy atom. The molecular weight excluding hydrogens is 1400 g/mol. The predicted molar refractivity (Wildman–Crippen MR) is 387 cm³/mol. The molecule has 0 bridgehead atoms. The second-order valence-electron chi connectivity index (χ2n) is 26.3. The number of carbonyl (C=O) groups excluding carboxylic acids is 12. The number of pyridine rings is 1. The van der Waals surface area contributed by atoms with Crippen molar-refractivity contribution in [3.63, 3.8) is 0 Å². The molecule has 6 rings (SSSR count). The number of rotatable bonds is 37. The van der Waals surface area contributed by atoms with Crippen molar-refractivity contribution in [3.05, 3.63) is 143 Å². The van der Waals surface area contributed by atoms with Gasteiger partial charge in [0.05, 0.1) is 13.0 Å². The van der Waals surface area contributed by atoms with Crippen LogP contribution in [0.25, 0.3) is 10.8 Å². The number of phenolic OH excluding ortho intramolecular Hbond substituents is 1. The first-order valence-corrected chi connectivity index (χ1v) is 35.7. The molecule has 570 valence electrons. The maximum atomic E-state index is 14.9. The average molecular weight is 1500 g/mol. The molecule has 4 aromatic carbocycles. The number of carbonyl (C=O) groups is 12. The number of aliphatic hydroxyl groups is 1. The molecule has 0 unspecified atom stereocenters. The molecule has 0 radical (unpaired) electrons. The van der Waals surface area contributed by atoms with E-state index in [-0.39, 0.29) is 63.2 Å². The summed E-state index contributed by atoms with van der Waals surface area (Å²) in [5.74, 6) is -10.6. The fraction of sp³-hybridized carbons (Fsp3) is 0.451. The number of likely N-dealkylation sites (N-methyl/N-ethyl adjacent to an activating group) is 1. The van der Waals surface area contributed by atoms with Gasteiger partial charge in [-0.2, -0.15) is 8.42 Å². The van der Waals surface area contributed by atoms with Gasteiger partial charge in [0.25, 0.3) is 0 Å². The van der Waals surface area contributed by atoms with Crippen LogP contribution in [0.15, 0.2) is 116 Å². The third kappa shape index (κ3) is 29.1. The molecule has 32 nitrogen and oxygen atoms in total. The summed E-state index contributed by atoms with van der Waals surface area (Å²) in [4.78, 5) is 176. The van der Waals surface area contributed by atoms with Gasteiger partial charge in [0, 0.05) is 63.6 Å². The van der Waals surface area contributed by atoms with Crippen LogP contribution < -0.4 is 54.0 Å². The zero-order valence-electron chi connectivity index (χ0n) is 59.5. The van der Waals surface area contributed by atoms with Crippen LogP contribution in [0, 0.1) is 5.92 Å². The first kappa shape index (κ1) is 85.5. The molecule has 1 fully saturated rings. The van der Waals surface area contributed by atoms with E-state index in [1.807, 2.05) is 61.5 Å². The van der Waals surface area contributed by atoms with Crippen molar-refractivity contribution in [2.24, 2.45) is 17.4 Å². The maximum absolute atomic E-state index is 14.9. The van der Waals surface area contributed by atoms with Crippen molar-refractivity contribution in [3.8, 4) is 5.75 Å². The van der Waals surface area contributed by atoms with Gasteiger partial charge in [-0.25, -0.2) is 0 Å². The number of benzene rings is 4. The molecule has 16 N–H and O–H groups in total. The fourth-order valence-corrected chi connectivity index (χ4v) is 11.7. The summed E-state index contributed by atoms with van der Waals surface area (Å²) in [6.07, 6.45) is 3.28. The fourth-order valence-electron chi connectivity index (χ4n) is 11.6. The lowest BCUT2D eigenvalue weighted by molar-refractivity contribution is -0.144. The molecule has 0 spiro atoms. The van der Waals surface area contributed by atoms with Gasteiger partial charge in [0.15, 0.2) is 0 Å². The Morgan fingerprint density at radius 1 is 0.610 bits per heavy atom. The Balaban J connectivity index is 0.00000382. The Kier molecular flexibility index (Phi) is 33.6. The number of likely N-dealkylation sites (tertiary alicyclic amines) is 1. The molecule has 1 aromatic heterocycles. The lowest BCUT2D eigenvalue weighted by Gasteiger charge is -2.32. The number of nitrogens with one attached hydrogen (secondary N) is 8. The van der Waals surface area contributed by atoms with Crippen LogP contribution in [-0.4, -0.2) is 220 Å². The highest BCUT2D eigenvalue weighted by Gasteiger charge is 2.41. The molecule has 105 heavy (non-hydrogen) atoms. The van der Waals surface area contributed by atoms with Gasteiger partial charge in [-0.15, -0.1) is 0 Å². The van der Waals surface area contributed by atoms with Crippen molar-refractivity contribution in [2.75, 3.05) is 40.8 Å². The monoisotopic (exact) mass is 1500 g/mol. The summed E-state index contributed by atoms with van der Waals surface area (Å²) in [7, 11) is 0.270. The average Bonchev–Trinajstić information content (AvgIpc) is 1.81. The summed E-state index contributed by atoms with van der Waals surface area (Å²) in [5, 5.41) is 44.6. The molecule has 10 atom stereocenters. The van der Waals surface area contributed by atoms with Crippen molar-refractivity contribution < 1.29 is 85.3 Å². The number of fused-ring (bicyclic) bond motifs is 1. The molecule has 34 heteroatoms. The number of aliphatic hydroxyl groups excluding tert-OH is 1. The van der Waals surface area contributed by atoms with Gasteiger partial charge in [-0.3, -0.25) is 71.6 Å². The highest BCUT2D eigenvalue weighted by molar-refractivity contribution is 7.79. The van der Waals surface area contributed by atoms with Gasteiger partial charge in [-0.1, -0.05) is 98.2 Å². The third-order valence-corrected chi connectivity index (χ3v) is 17.2. The number of primary amides is 2. The van der Waals surface area contributed by atoms with Crippen LogP contribution in [0.5, 0.6) is 5.75 Å². The summed E-state index contributed by atoms with van der Waals surface area (Å²) in [6.45, 7) is 5.94. The second kappa shape index (κ2) is 41.3. The number of phenols is 1. The standard InChI is InChI=1S/C71H93ClN14O14.H2O4S/c1-41(2)32-53(63(92)78-52(17-10-11-30-84(5)6)71(100)86-31-13-18-59(86)68(97)76-42(3)62(74)91)79-67(96)57(38-61(73)90)82-69(98)60(37-45-22-27-51(89)28-23-45)85(7)70(99)58(40-87)83-66(95)56(36-47-14-12-29-75-39-47)81-65(94)55(34-44-20-25-50(72)26-21-44)80-64(93)54(77-43(4)88)35-46-19-24-48-15-8-9-16-49(48)33-46;1-5(2,3)4/h8-9,12,14-16,19-29,33,39,41-42,52-60,87,89H,10-11,13,17-18,30-32,34-38,40H2,1-7H3,(H2,73,90)(H2,74,91)(H,76,97)(H,77,88)(H,78,92)(H,79,96)(H,80,93)(H,81,94)(H,82,98)(H,83,95);(H2,1,2,3,4)/t42-,52+,53+,54-,55-,56-,57-,58+,59+,60+;/m1./s1. The topological polar surface area (TPSA) is 491 Å². The SMILES string of the molecule is CC(=O)N[C@H](Cc1ccc2ccccc2c1)C(=O)N[C@H](Cc1ccc(Cl)cc1)C(=O)N[C@H](Cc1cccnc1)C(=O)N[C@@H](CO)C(=O)N(C)[C@@H](Cc1ccc(O)cc1)C(=O)N[C@H](CC(N)=O)C(=O)N[C@@H](CC(C)C)C(=O)N[C@@H](CCCCN(C)C)C(=O)N1CCC[C@H]1C(=O)N[C@H](C)C(N)=O.O=S(=O)(O)O. The Labute approximate surface area is 613 Å². The van der Waals surface area contributed by atoms with Crippen molar-refractivity contribution in [2.45, 2.75) is 159 Å². The summed E-state index contributed by atoms with van der Waals surface area (Å²) in [5.41, 5.74) is 13.1. The number of hydrogen-bond donors (Lipinski definition) is 14. The van der Waals surface area contributed by atoms with Crippen LogP contribution in [-0.2, 0) is 93.6 Å². The smallest absolute Gasteiger partial charge is 0.394 e. The molecule has 0 aliphatic carbocycles. The Morgan fingerprint density at radius 2 is 1.12 bits per heavy atom. The molecular formula is C71H95ClN14O18S. The van der Waals surface area contributed by atoms with Crippen molar-refractivity contribution >= 4 is 104 Å². The van der Waals surface area contributed by atoms with Crippen LogP contribution in [0.1, 0.15) is 94.9 Å². The van der Waals surface area contributed by atoms with E-state index in [2.05, 4.69) is 47.5 Å². The first-order valence-electron chi connectivity index (χ1n) is 33.9. The Bertz CT molecular complexity index is 3940. The molecule has 1 aliphatic rings. The lowest BCUT2D eigenvalue weighted by atomic mass is 9.99. The minimum atomic E-state index is -4.67. The Hall–Kier alpha value is -10.2. The number of aromatic hydroxyl groups is 1. The number of halogens is 1. The number of hydrogen-bond acceptors (Lipinski definition) is 18. The van der Waals surface area contributed by atoms with Gasteiger partial charge in [0.2, 0.25) is 70.9 Å². The zero-order valence-corrected chi connectivity index (χ0v) is 61.0. The van der Waals surface area contributed by atoms with E-state index in [0.29, 0.717) is 53.1 Å². The van der Waals surface area contributed by atoms with Crippen molar-refractivity contribution in [1.82, 2.24) is 62.2 Å². The maximum Gasteiger partial charge on any atom is 0.394 e. The van der Waals surface area contributed by atoms with E-state index in [4.69, 9.17) is 40.6 Å². The summed E-state index contributed by atoms with van der Waals surface area (Å²) >= 11 is 6.23. The van der Waals surface area contributed by atoms with E-state index >= 15 is 0 Å². The van der Waals surface area contributed by atoms with Gasteiger partial charge in [0.1, 0.15) is 66.2 Å². The van der Waals surface area contributed by atoms with Crippen LogP contribution in [0.2, 0.25) is 5.02 Å². The van der Waals surface area contributed by atoms with Crippen LogP contribution in [0.3, 0.4) is 0 Å². The van der Waals surface area contributed by atoms with E-state index in [1.54, 1.807) is 50.2 Å². The normalized spacial score (nSPS) is 15.3. The molecule has 5 aromatic rings. The summed E-state index contributed by atoms with van der Waals surface area (Å²) < 4.78 is 31.6. The quantitative estimate of drug-likeness (QED) is 0.0185. The molecule has 0 saturated carbocycles. The molecule has 2 heterocycles. The largest absolute Gasteiger partial charge is 0.508 e. The van der Waals surface area contributed by atoms with E-state index in [0.717, 1.165) is 15.7 Å². The highest BCUT2D eigenvalue weighted by atomic mass is 35.5. The number of aromatic nitrogens is 1. The third-order valence-electron chi connectivity index (χ3n) is 17.0. The minimum absolute atomic E-state index is 0.0217.